The van der Waals surface area contributed by atoms with Gasteiger partial charge in [0.05, 0.1) is 12.2 Å². The predicted molar refractivity (Wildman–Crippen MR) is 131 cm³/mol. The number of hydrogen-bond acceptors (Lipinski definition) is 3. The second-order valence-corrected chi connectivity index (χ2v) is 9.02. The fourth-order valence-corrected chi connectivity index (χ4v) is 4.31. The molecule has 173 valence electrons. The topological polar surface area (TPSA) is 35.5 Å². The molecular weight excluding hydrogens is 396 g/mol. The zero-order valence-corrected chi connectivity index (χ0v) is 19.7. The minimum atomic E-state index is -0.335. The van der Waals surface area contributed by atoms with Gasteiger partial charge < -0.3 is 9.47 Å². The average molecular weight is 436 g/mol. The highest BCUT2D eigenvalue weighted by Crippen LogP contribution is 2.27. The van der Waals surface area contributed by atoms with Crippen molar-refractivity contribution in [3.8, 4) is 11.5 Å². The summed E-state index contributed by atoms with van der Waals surface area (Å²) < 4.78 is 11.3. The van der Waals surface area contributed by atoms with Gasteiger partial charge in [-0.05, 0) is 86.4 Å². The number of carbonyl (C=O) groups is 1. The lowest BCUT2D eigenvalue weighted by atomic mass is 9.85. The Hall–Kier alpha value is -2.29. The van der Waals surface area contributed by atoms with Crippen LogP contribution in [0.15, 0.2) is 48.5 Å². The number of aryl methyl sites for hydroxylation is 1. The first-order valence-corrected chi connectivity index (χ1v) is 12.6. The molecule has 3 nitrogen and oxygen atoms in total. The van der Waals surface area contributed by atoms with Crippen LogP contribution in [-0.2, 0) is 6.42 Å². The second-order valence-electron chi connectivity index (χ2n) is 9.02. The summed E-state index contributed by atoms with van der Waals surface area (Å²) in [5.41, 5.74) is 1.85. The SMILES string of the molecule is CCCCCCCCOc1ccc(C(=O)Oc2ccc(CCC3CC[CH]CC3)cc2)cc1. The number of ether oxygens (including phenoxy) is 2. The Morgan fingerprint density at radius 2 is 1.50 bits per heavy atom. The summed E-state index contributed by atoms with van der Waals surface area (Å²) in [5, 5.41) is 0. The molecule has 0 atom stereocenters. The lowest BCUT2D eigenvalue weighted by Crippen LogP contribution is -2.09. The van der Waals surface area contributed by atoms with Crippen LogP contribution in [0.4, 0.5) is 0 Å². The van der Waals surface area contributed by atoms with E-state index in [9.17, 15) is 4.79 Å². The molecule has 1 radical (unpaired) electrons. The molecule has 2 aromatic carbocycles. The van der Waals surface area contributed by atoms with Crippen LogP contribution in [-0.4, -0.2) is 12.6 Å². The monoisotopic (exact) mass is 435 g/mol. The highest BCUT2D eigenvalue weighted by Gasteiger charge is 2.13. The first-order chi connectivity index (χ1) is 15.7. The van der Waals surface area contributed by atoms with E-state index in [1.807, 2.05) is 24.3 Å². The normalized spacial score (nSPS) is 14.3. The van der Waals surface area contributed by atoms with E-state index in [1.165, 1.54) is 69.8 Å². The maximum absolute atomic E-state index is 12.5. The minimum Gasteiger partial charge on any atom is -0.494 e. The maximum atomic E-state index is 12.5. The van der Waals surface area contributed by atoms with E-state index in [1.54, 1.807) is 12.1 Å². The van der Waals surface area contributed by atoms with Crippen molar-refractivity contribution in [2.75, 3.05) is 6.61 Å². The van der Waals surface area contributed by atoms with Crippen LogP contribution in [0.1, 0.15) is 93.5 Å². The van der Waals surface area contributed by atoms with Gasteiger partial charge in [-0.25, -0.2) is 4.79 Å². The highest BCUT2D eigenvalue weighted by molar-refractivity contribution is 5.91. The third kappa shape index (κ3) is 8.68. The van der Waals surface area contributed by atoms with Crippen molar-refractivity contribution < 1.29 is 14.3 Å². The Morgan fingerprint density at radius 3 is 2.22 bits per heavy atom. The van der Waals surface area contributed by atoms with Crippen molar-refractivity contribution in [3.05, 3.63) is 66.1 Å². The van der Waals surface area contributed by atoms with E-state index in [4.69, 9.17) is 9.47 Å². The largest absolute Gasteiger partial charge is 0.494 e. The molecule has 0 amide bonds. The van der Waals surface area contributed by atoms with Gasteiger partial charge in [-0.15, -0.1) is 0 Å². The third-order valence-electron chi connectivity index (χ3n) is 6.39. The molecule has 3 rings (SSSR count). The molecule has 3 heteroatoms. The fraction of sp³-hybridized carbons (Fsp3) is 0.517. The first-order valence-electron chi connectivity index (χ1n) is 12.6. The molecule has 0 heterocycles. The predicted octanol–water partition coefficient (Wildman–Crippen LogP) is 7.97. The van der Waals surface area contributed by atoms with Crippen LogP contribution in [0, 0.1) is 12.3 Å². The van der Waals surface area contributed by atoms with Crippen LogP contribution in [0.2, 0.25) is 0 Å². The van der Waals surface area contributed by atoms with Gasteiger partial charge in [0.25, 0.3) is 0 Å². The summed E-state index contributed by atoms with van der Waals surface area (Å²) in [7, 11) is 0. The number of rotatable bonds is 13. The molecule has 1 saturated carbocycles. The molecule has 0 aromatic heterocycles. The van der Waals surface area contributed by atoms with Crippen LogP contribution in [0.25, 0.3) is 0 Å². The second kappa shape index (κ2) is 14.0. The quantitative estimate of drug-likeness (QED) is 0.182. The molecule has 1 fully saturated rings. The molecule has 32 heavy (non-hydrogen) atoms. The summed E-state index contributed by atoms with van der Waals surface area (Å²) in [6.45, 7) is 2.96. The molecule has 0 N–H and O–H groups in total. The smallest absolute Gasteiger partial charge is 0.343 e. The standard InChI is InChI=1S/C29H39O3/c1-2-3-4-5-6-10-23-31-27-21-17-26(18-22-27)29(30)32-28-19-15-25(16-20-28)14-13-24-11-8-7-9-12-24/h7,15-22,24H,2-6,8-14,23H2,1H3. The van der Waals surface area contributed by atoms with Crippen molar-refractivity contribution in [3.63, 3.8) is 0 Å². The molecule has 0 saturated heterocycles. The van der Waals surface area contributed by atoms with Crippen molar-refractivity contribution in [1.82, 2.24) is 0 Å². The molecule has 2 aromatic rings. The van der Waals surface area contributed by atoms with Gasteiger partial charge in [0.2, 0.25) is 0 Å². The maximum Gasteiger partial charge on any atom is 0.343 e. The third-order valence-corrected chi connectivity index (χ3v) is 6.39. The van der Waals surface area contributed by atoms with E-state index in [-0.39, 0.29) is 5.97 Å². The summed E-state index contributed by atoms with van der Waals surface area (Å²) in [5.74, 6) is 1.92. The number of hydrogen-bond donors (Lipinski definition) is 0. The molecule has 0 spiro atoms. The summed E-state index contributed by atoms with van der Waals surface area (Å²) in [4.78, 5) is 12.5. The average Bonchev–Trinajstić information content (AvgIpc) is 2.84. The number of unbranched alkanes of at least 4 members (excludes halogenated alkanes) is 5. The Kier molecular flexibility index (Phi) is 10.6. The lowest BCUT2D eigenvalue weighted by Gasteiger charge is -2.21. The number of benzene rings is 2. The Bertz CT molecular complexity index is 773. The van der Waals surface area contributed by atoms with Crippen LogP contribution in [0.3, 0.4) is 0 Å². The van der Waals surface area contributed by atoms with E-state index in [0.29, 0.717) is 11.3 Å². The Balaban J connectivity index is 1.37. The van der Waals surface area contributed by atoms with E-state index in [0.717, 1.165) is 31.1 Å². The summed E-state index contributed by atoms with van der Waals surface area (Å²) in [6.07, 6.45) is 17.4. The van der Waals surface area contributed by atoms with Gasteiger partial charge in [0.1, 0.15) is 11.5 Å². The van der Waals surface area contributed by atoms with E-state index >= 15 is 0 Å². The van der Waals surface area contributed by atoms with Crippen molar-refractivity contribution in [2.24, 2.45) is 5.92 Å². The fourth-order valence-electron chi connectivity index (χ4n) is 4.31. The first kappa shape index (κ1) is 24.4. The van der Waals surface area contributed by atoms with E-state index < -0.39 is 0 Å². The van der Waals surface area contributed by atoms with Gasteiger partial charge >= 0.3 is 5.97 Å². The summed E-state index contributed by atoms with van der Waals surface area (Å²) >= 11 is 0. The zero-order valence-electron chi connectivity index (χ0n) is 19.7. The van der Waals surface area contributed by atoms with Gasteiger partial charge in [-0.3, -0.25) is 0 Å². The van der Waals surface area contributed by atoms with Gasteiger partial charge in [0.15, 0.2) is 0 Å². The van der Waals surface area contributed by atoms with Crippen LogP contribution in [0.5, 0.6) is 11.5 Å². The van der Waals surface area contributed by atoms with Gasteiger partial charge in [-0.1, -0.05) is 64.0 Å². The minimum absolute atomic E-state index is 0.335. The van der Waals surface area contributed by atoms with Gasteiger partial charge in [-0.2, -0.15) is 0 Å². The number of carbonyl (C=O) groups excluding carboxylic acids is 1. The molecule has 0 bridgehead atoms. The summed E-state index contributed by atoms with van der Waals surface area (Å²) in [6, 6.07) is 15.2. The van der Waals surface area contributed by atoms with Crippen molar-refractivity contribution >= 4 is 5.97 Å². The highest BCUT2D eigenvalue weighted by atomic mass is 16.5. The molecule has 1 aliphatic rings. The van der Waals surface area contributed by atoms with Gasteiger partial charge in [0, 0.05) is 0 Å². The Morgan fingerprint density at radius 1 is 0.844 bits per heavy atom. The Labute approximate surface area is 194 Å². The number of esters is 1. The van der Waals surface area contributed by atoms with Crippen LogP contribution >= 0.6 is 0 Å². The van der Waals surface area contributed by atoms with E-state index in [2.05, 4.69) is 25.5 Å². The van der Waals surface area contributed by atoms with Crippen molar-refractivity contribution in [1.29, 1.82) is 0 Å². The molecule has 0 unspecified atom stereocenters. The molecule has 1 aliphatic carbocycles. The molecule has 0 aliphatic heterocycles. The van der Waals surface area contributed by atoms with Crippen LogP contribution < -0.4 is 9.47 Å². The lowest BCUT2D eigenvalue weighted by molar-refractivity contribution is 0.0734. The molecular formula is C29H39O3. The zero-order chi connectivity index (χ0) is 22.4. The van der Waals surface area contributed by atoms with Crippen molar-refractivity contribution in [2.45, 2.75) is 84.0 Å².